The first-order chi connectivity index (χ1) is 10.1. The van der Waals surface area contributed by atoms with Gasteiger partial charge in [-0.2, -0.15) is 5.10 Å². The maximum atomic E-state index is 5.92. The van der Waals surface area contributed by atoms with E-state index < -0.39 is 0 Å². The molecule has 0 spiro atoms. The van der Waals surface area contributed by atoms with Gasteiger partial charge in [-0.25, -0.2) is 0 Å². The molecular formula is C15H21ClN4O. The van der Waals surface area contributed by atoms with Crippen LogP contribution in [0.2, 0.25) is 5.02 Å². The number of hydrazine groups is 1. The monoisotopic (exact) mass is 308 g/mol. The summed E-state index contributed by atoms with van der Waals surface area (Å²) >= 11 is 5.92. The van der Waals surface area contributed by atoms with Crippen molar-refractivity contribution in [1.82, 2.24) is 15.2 Å². The van der Waals surface area contributed by atoms with Crippen molar-refractivity contribution in [2.75, 3.05) is 7.11 Å². The number of hydrogen-bond donors (Lipinski definition) is 2. The summed E-state index contributed by atoms with van der Waals surface area (Å²) < 4.78 is 7.35. The maximum absolute atomic E-state index is 5.92. The Balaban J connectivity index is 2.32. The van der Waals surface area contributed by atoms with Gasteiger partial charge in [-0.15, -0.1) is 0 Å². The van der Waals surface area contributed by atoms with Crippen LogP contribution in [0.5, 0.6) is 5.75 Å². The molecule has 0 aliphatic carbocycles. The van der Waals surface area contributed by atoms with Crippen LogP contribution >= 0.6 is 11.6 Å². The SMILES string of the molecule is COc1cnn(C(C)C)c1C(Cc1ccc(Cl)cc1)NN. The van der Waals surface area contributed by atoms with Gasteiger partial charge in [-0.3, -0.25) is 16.0 Å². The second-order valence-electron chi connectivity index (χ2n) is 5.19. The van der Waals surface area contributed by atoms with E-state index in [1.54, 1.807) is 13.3 Å². The second-order valence-corrected chi connectivity index (χ2v) is 5.62. The number of methoxy groups -OCH3 is 1. The predicted molar refractivity (Wildman–Crippen MR) is 84.4 cm³/mol. The maximum Gasteiger partial charge on any atom is 0.161 e. The third-order valence-corrected chi connectivity index (χ3v) is 3.64. The van der Waals surface area contributed by atoms with Crippen LogP contribution < -0.4 is 16.0 Å². The second kappa shape index (κ2) is 6.93. The fourth-order valence-electron chi connectivity index (χ4n) is 2.35. The van der Waals surface area contributed by atoms with Gasteiger partial charge in [0.2, 0.25) is 0 Å². The summed E-state index contributed by atoms with van der Waals surface area (Å²) in [5.74, 6) is 6.50. The van der Waals surface area contributed by atoms with Gasteiger partial charge < -0.3 is 4.74 Å². The van der Waals surface area contributed by atoms with Crippen LogP contribution in [0.15, 0.2) is 30.5 Å². The number of nitrogens with two attached hydrogens (primary N) is 1. The molecule has 3 N–H and O–H groups in total. The number of nitrogens with one attached hydrogen (secondary N) is 1. The quantitative estimate of drug-likeness (QED) is 0.636. The molecule has 1 aromatic carbocycles. The summed E-state index contributed by atoms with van der Waals surface area (Å²) in [7, 11) is 1.64. The van der Waals surface area contributed by atoms with Crippen LogP contribution in [0, 0.1) is 0 Å². The molecule has 1 aromatic heterocycles. The van der Waals surface area contributed by atoms with E-state index in [4.69, 9.17) is 22.2 Å². The zero-order valence-electron chi connectivity index (χ0n) is 12.5. The standard InChI is InChI=1S/C15H21ClN4O/c1-10(2)20-15(14(21-3)9-18-20)13(19-17)8-11-4-6-12(16)7-5-11/h4-7,9-10,13,19H,8,17H2,1-3H3. The predicted octanol–water partition coefficient (Wildman–Crippen LogP) is 2.87. The van der Waals surface area contributed by atoms with Gasteiger partial charge in [0, 0.05) is 11.1 Å². The lowest BCUT2D eigenvalue weighted by molar-refractivity contribution is 0.384. The van der Waals surface area contributed by atoms with E-state index in [0.29, 0.717) is 0 Å². The smallest absolute Gasteiger partial charge is 0.161 e. The Morgan fingerprint density at radius 2 is 2.00 bits per heavy atom. The Labute approximate surface area is 130 Å². The van der Waals surface area contributed by atoms with E-state index >= 15 is 0 Å². The molecule has 1 unspecified atom stereocenters. The Morgan fingerprint density at radius 3 is 2.52 bits per heavy atom. The minimum atomic E-state index is -0.0916. The molecule has 2 rings (SSSR count). The van der Waals surface area contributed by atoms with E-state index in [9.17, 15) is 0 Å². The zero-order chi connectivity index (χ0) is 15.4. The van der Waals surface area contributed by atoms with E-state index in [1.165, 1.54) is 0 Å². The van der Waals surface area contributed by atoms with Gasteiger partial charge in [-0.05, 0) is 38.0 Å². The van der Waals surface area contributed by atoms with Crippen LogP contribution in [0.1, 0.15) is 37.2 Å². The summed E-state index contributed by atoms with van der Waals surface area (Å²) in [6.07, 6.45) is 2.45. The molecule has 0 saturated heterocycles. The fourth-order valence-corrected chi connectivity index (χ4v) is 2.47. The minimum absolute atomic E-state index is 0.0916. The summed E-state index contributed by atoms with van der Waals surface area (Å²) in [4.78, 5) is 0. The Hall–Kier alpha value is -1.56. The molecule has 1 atom stereocenters. The minimum Gasteiger partial charge on any atom is -0.493 e. The highest BCUT2D eigenvalue weighted by atomic mass is 35.5. The number of rotatable bonds is 6. The number of hydrogen-bond acceptors (Lipinski definition) is 4. The Bertz CT molecular complexity index is 580. The lowest BCUT2D eigenvalue weighted by Crippen LogP contribution is -2.32. The summed E-state index contributed by atoms with van der Waals surface area (Å²) in [6.45, 7) is 4.15. The van der Waals surface area contributed by atoms with Crippen molar-refractivity contribution in [3.8, 4) is 5.75 Å². The van der Waals surface area contributed by atoms with E-state index in [2.05, 4.69) is 24.4 Å². The van der Waals surface area contributed by atoms with Crippen LogP contribution in [-0.4, -0.2) is 16.9 Å². The molecule has 0 radical (unpaired) electrons. The molecule has 0 bridgehead atoms. The fraction of sp³-hybridized carbons (Fsp3) is 0.400. The lowest BCUT2D eigenvalue weighted by Gasteiger charge is -2.21. The summed E-state index contributed by atoms with van der Waals surface area (Å²) in [6, 6.07) is 7.88. The van der Waals surface area contributed by atoms with Gasteiger partial charge in [0.1, 0.15) is 0 Å². The van der Waals surface area contributed by atoms with E-state index in [-0.39, 0.29) is 12.1 Å². The van der Waals surface area contributed by atoms with E-state index in [0.717, 1.165) is 28.5 Å². The first-order valence-corrected chi connectivity index (χ1v) is 7.26. The van der Waals surface area contributed by atoms with Gasteiger partial charge in [0.15, 0.2) is 5.75 Å². The average Bonchev–Trinajstić information content (AvgIpc) is 2.90. The zero-order valence-corrected chi connectivity index (χ0v) is 13.3. The van der Waals surface area contributed by atoms with Crippen molar-refractivity contribution in [2.24, 2.45) is 5.84 Å². The highest BCUT2D eigenvalue weighted by Crippen LogP contribution is 2.29. The number of aromatic nitrogens is 2. The van der Waals surface area contributed by atoms with Crippen molar-refractivity contribution < 1.29 is 4.74 Å². The molecule has 0 aliphatic rings. The Kier molecular flexibility index (Phi) is 5.22. The van der Waals surface area contributed by atoms with Crippen LogP contribution in [0.25, 0.3) is 0 Å². The van der Waals surface area contributed by atoms with Crippen molar-refractivity contribution in [3.05, 3.63) is 46.7 Å². The molecule has 21 heavy (non-hydrogen) atoms. The van der Waals surface area contributed by atoms with Crippen molar-refractivity contribution >= 4 is 11.6 Å². The van der Waals surface area contributed by atoms with Crippen LogP contribution in [0.4, 0.5) is 0 Å². The molecule has 0 amide bonds. The first kappa shape index (κ1) is 15.8. The van der Waals surface area contributed by atoms with Crippen molar-refractivity contribution in [1.29, 1.82) is 0 Å². The molecule has 1 heterocycles. The first-order valence-electron chi connectivity index (χ1n) is 6.88. The molecular weight excluding hydrogens is 288 g/mol. The Morgan fingerprint density at radius 1 is 1.33 bits per heavy atom. The third-order valence-electron chi connectivity index (χ3n) is 3.39. The lowest BCUT2D eigenvalue weighted by atomic mass is 10.0. The average molecular weight is 309 g/mol. The summed E-state index contributed by atoms with van der Waals surface area (Å²) in [5.41, 5.74) is 4.95. The topological polar surface area (TPSA) is 65.1 Å². The largest absolute Gasteiger partial charge is 0.493 e. The van der Waals surface area contributed by atoms with Crippen LogP contribution in [-0.2, 0) is 6.42 Å². The van der Waals surface area contributed by atoms with Crippen LogP contribution in [0.3, 0.4) is 0 Å². The highest BCUT2D eigenvalue weighted by molar-refractivity contribution is 6.30. The van der Waals surface area contributed by atoms with Gasteiger partial charge in [0.25, 0.3) is 0 Å². The molecule has 6 heteroatoms. The highest BCUT2D eigenvalue weighted by Gasteiger charge is 2.22. The number of halogens is 1. The number of benzene rings is 1. The normalized spacial score (nSPS) is 12.7. The molecule has 2 aromatic rings. The molecule has 0 fully saturated rings. The molecule has 5 nitrogen and oxygen atoms in total. The molecule has 0 saturated carbocycles. The molecule has 114 valence electrons. The third kappa shape index (κ3) is 3.56. The van der Waals surface area contributed by atoms with Gasteiger partial charge in [-0.1, -0.05) is 23.7 Å². The van der Waals surface area contributed by atoms with Crippen molar-refractivity contribution in [3.63, 3.8) is 0 Å². The van der Waals surface area contributed by atoms with Gasteiger partial charge in [0.05, 0.1) is 25.0 Å². The summed E-state index contributed by atoms with van der Waals surface area (Å²) in [5, 5.41) is 5.11. The van der Waals surface area contributed by atoms with Crippen molar-refractivity contribution in [2.45, 2.75) is 32.4 Å². The molecule has 0 aliphatic heterocycles. The van der Waals surface area contributed by atoms with E-state index in [1.807, 2.05) is 28.9 Å². The number of ether oxygens (including phenoxy) is 1. The number of nitrogens with zero attached hydrogens (tertiary/aromatic N) is 2. The van der Waals surface area contributed by atoms with Gasteiger partial charge >= 0.3 is 0 Å².